The number of para-hydroxylation sites is 2. The lowest BCUT2D eigenvalue weighted by Gasteiger charge is -2.30. The van der Waals surface area contributed by atoms with Crippen LogP contribution >= 0.6 is 0 Å². The van der Waals surface area contributed by atoms with Gasteiger partial charge in [-0.05, 0) is 36.6 Å². The van der Waals surface area contributed by atoms with Gasteiger partial charge in [-0.1, -0.05) is 30.3 Å². The van der Waals surface area contributed by atoms with E-state index in [1.807, 2.05) is 29.2 Å². The van der Waals surface area contributed by atoms with Crippen LogP contribution < -0.4 is 15.5 Å². The van der Waals surface area contributed by atoms with Gasteiger partial charge in [0, 0.05) is 12.2 Å². The molecule has 1 aliphatic heterocycles. The zero-order chi connectivity index (χ0) is 16.9. The van der Waals surface area contributed by atoms with E-state index in [4.69, 9.17) is 0 Å². The van der Waals surface area contributed by atoms with Crippen LogP contribution in [-0.4, -0.2) is 25.0 Å². The van der Waals surface area contributed by atoms with Crippen molar-refractivity contribution in [2.24, 2.45) is 0 Å². The van der Waals surface area contributed by atoms with Gasteiger partial charge in [-0.3, -0.25) is 10.1 Å². The lowest BCUT2D eigenvalue weighted by atomic mass is 10.0. The molecule has 2 aromatic rings. The van der Waals surface area contributed by atoms with E-state index in [1.165, 1.54) is 23.8 Å². The monoisotopic (exact) mass is 327 g/mol. The molecular formula is C18H18FN3O2. The number of nitrogens with zero attached hydrogens (tertiary/aromatic N) is 1. The Kier molecular flexibility index (Phi) is 4.74. The molecule has 2 aromatic carbocycles. The Morgan fingerprint density at radius 2 is 1.83 bits per heavy atom. The largest absolute Gasteiger partial charge is 0.362 e. The van der Waals surface area contributed by atoms with Crippen LogP contribution in [0.25, 0.3) is 0 Å². The van der Waals surface area contributed by atoms with Crippen molar-refractivity contribution < 1.29 is 14.0 Å². The second kappa shape index (κ2) is 7.12. The maximum Gasteiger partial charge on any atom is 0.326 e. The van der Waals surface area contributed by atoms with Gasteiger partial charge < -0.3 is 10.2 Å². The maximum absolute atomic E-state index is 13.5. The summed E-state index contributed by atoms with van der Waals surface area (Å²) in [5, 5.41) is 4.57. The topological polar surface area (TPSA) is 61.4 Å². The molecule has 0 aromatic heterocycles. The highest BCUT2D eigenvalue weighted by Crippen LogP contribution is 2.26. The Labute approximate surface area is 139 Å². The first-order chi connectivity index (χ1) is 11.6. The van der Waals surface area contributed by atoms with Gasteiger partial charge in [-0.15, -0.1) is 0 Å². The fourth-order valence-electron chi connectivity index (χ4n) is 2.83. The summed E-state index contributed by atoms with van der Waals surface area (Å²) in [6.07, 6.45) is 1.95. The third-order valence-corrected chi connectivity index (χ3v) is 3.92. The van der Waals surface area contributed by atoms with E-state index in [-0.39, 0.29) is 12.2 Å². The molecule has 0 radical (unpaired) electrons. The molecular weight excluding hydrogens is 309 g/mol. The Hall–Kier alpha value is -2.89. The van der Waals surface area contributed by atoms with Gasteiger partial charge in [0.15, 0.2) is 0 Å². The smallest absolute Gasteiger partial charge is 0.326 e. The molecule has 0 fully saturated rings. The standard InChI is InChI=1S/C18H18FN3O2/c19-14-8-2-3-9-15(14)20-18(24)21-17(23)12-22-11-5-7-13-6-1-4-10-16(13)22/h1-4,6,8-10H,5,7,11-12H2,(H2,20,21,23,24). The van der Waals surface area contributed by atoms with E-state index >= 15 is 0 Å². The summed E-state index contributed by atoms with van der Waals surface area (Å²) in [5.41, 5.74) is 2.26. The molecule has 0 bridgehead atoms. The summed E-state index contributed by atoms with van der Waals surface area (Å²) in [4.78, 5) is 25.9. The Morgan fingerprint density at radius 3 is 2.67 bits per heavy atom. The first-order valence-corrected chi connectivity index (χ1v) is 7.82. The molecule has 0 unspecified atom stereocenters. The normalized spacial score (nSPS) is 13.1. The van der Waals surface area contributed by atoms with Crippen molar-refractivity contribution in [1.29, 1.82) is 0 Å². The van der Waals surface area contributed by atoms with Crippen molar-refractivity contribution in [3.63, 3.8) is 0 Å². The molecule has 1 aliphatic rings. The van der Waals surface area contributed by atoms with Crippen molar-refractivity contribution in [2.45, 2.75) is 12.8 Å². The van der Waals surface area contributed by atoms with Crippen LogP contribution in [0, 0.1) is 5.82 Å². The predicted octanol–water partition coefficient (Wildman–Crippen LogP) is 2.93. The highest BCUT2D eigenvalue weighted by molar-refractivity contribution is 6.02. The van der Waals surface area contributed by atoms with Crippen LogP contribution in [0.15, 0.2) is 48.5 Å². The molecule has 3 rings (SSSR count). The summed E-state index contributed by atoms with van der Waals surface area (Å²) in [6, 6.07) is 13.0. The maximum atomic E-state index is 13.5. The van der Waals surface area contributed by atoms with Crippen molar-refractivity contribution in [1.82, 2.24) is 5.32 Å². The first kappa shape index (κ1) is 16.0. The summed E-state index contributed by atoms with van der Waals surface area (Å²) in [7, 11) is 0. The van der Waals surface area contributed by atoms with E-state index in [1.54, 1.807) is 6.07 Å². The van der Waals surface area contributed by atoms with Gasteiger partial charge >= 0.3 is 6.03 Å². The van der Waals surface area contributed by atoms with Crippen molar-refractivity contribution in [2.75, 3.05) is 23.3 Å². The third-order valence-electron chi connectivity index (χ3n) is 3.92. The number of benzene rings is 2. The lowest BCUT2D eigenvalue weighted by molar-refractivity contribution is -0.118. The van der Waals surface area contributed by atoms with Crippen molar-refractivity contribution in [3.05, 3.63) is 59.9 Å². The molecule has 1 heterocycles. The molecule has 0 saturated heterocycles. The van der Waals surface area contributed by atoms with Crippen LogP contribution in [0.3, 0.4) is 0 Å². The van der Waals surface area contributed by atoms with Gasteiger partial charge in [0.2, 0.25) is 5.91 Å². The molecule has 124 valence electrons. The number of rotatable bonds is 3. The quantitative estimate of drug-likeness (QED) is 0.911. The van der Waals surface area contributed by atoms with Crippen molar-refractivity contribution >= 4 is 23.3 Å². The zero-order valence-electron chi connectivity index (χ0n) is 13.1. The van der Waals surface area contributed by atoms with E-state index in [0.29, 0.717) is 0 Å². The predicted molar refractivity (Wildman–Crippen MR) is 90.5 cm³/mol. The van der Waals surface area contributed by atoms with Gasteiger partial charge in [-0.25, -0.2) is 9.18 Å². The van der Waals surface area contributed by atoms with Crippen LogP contribution in [0.5, 0.6) is 0 Å². The van der Waals surface area contributed by atoms with Crippen LogP contribution in [0.2, 0.25) is 0 Å². The van der Waals surface area contributed by atoms with Gasteiger partial charge in [0.05, 0.1) is 12.2 Å². The second-order valence-corrected chi connectivity index (χ2v) is 5.64. The molecule has 6 heteroatoms. The highest BCUT2D eigenvalue weighted by atomic mass is 19.1. The SMILES string of the molecule is O=C(CN1CCCc2ccccc21)NC(=O)Nc1ccccc1F. The van der Waals surface area contributed by atoms with Gasteiger partial charge in [0.25, 0.3) is 0 Å². The molecule has 24 heavy (non-hydrogen) atoms. The number of fused-ring (bicyclic) bond motifs is 1. The lowest BCUT2D eigenvalue weighted by Crippen LogP contribution is -2.43. The number of amides is 3. The zero-order valence-corrected chi connectivity index (χ0v) is 13.1. The van der Waals surface area contributed by atoms with E-state index < -0.39 is 17.8 Å². The number of hydrogen-bond donors (Lipinski definition) is 2. The summed E-state index contributed by atoms with van der Waals surface area (Å²) in [5.74, 6) is -0.981. The Morgan fingerprint density at radius 1 is 1.08 bits per heavy atom. The molecule has 0 saturated carbocycles. The summed E-state index contributed by atoms with van der Waals surface area (Å²) in [6.45, 7) is 0.848. The Balaban J connectivity index is 1.58. The number of hydrogen-bond acceptors (Lipinski definition) is 3. The fourth-order valence-corrected chi connectivity index (χ4v) is 2.83. The third kappa shape index (κ3) is 3.71. The highest BCUT2D eigenvalue weighted by Gasteiger charge is 2.19. The molecule has 0 aliphatic carbocycles. The average Bonchev–Trinajstić information content (AvgIpc) is 2.57. The van der Waals surface area contributed by atoms with Gasteiger partial charge in [0.1, 0.15) is 5.82 Å². The van der Waals surface area contributed by atoms with E-state index in [0.717, 1.165) is 25.1 Å². The number of urea groups is 1. The summed E-state index contributed by atoms with van der Waals surface area (Å²) >= 11 is 0. The van der Waals surface area contributed by atoms with E-state index in [9.17, 15) is 14.0 Å². The molecule has 0 atom stereocenters. The number of anilines is 2. The first-order valence-electron chi connectivity index (χ1n) is 7.82. The molecule has 5 nitrogen and oxygen atoms in total. The Bertz CT molecular complexity index is 763. The number of aryl methyl sites for hydroxylation is 1. The van der Waals surface area contributed by atoms with Crippen LogP contribution in [0.1, 0.15) is 12.0 Å². The molecule has 2 N–H and O–H groups in total. The second-order valence-electron chi connectivity index (χ2n) is 5.64. The number of carbonyl (C=O) groups excluding carboxylic acids is 2. The molecule has 0 spiro atoms. The molecule has 3 amide bonds. The number of carbonyl (C=O) groups is 2. The van der Waals surface area contributed by atoms with E-state index in [2.05, 4.69) is 10.6 Å². The fraction of sp³-hybridized carbons (Fsp3) is 0.222. The van der Waals surface area contributed by atoms with Crippen LogP contribution in [-0.2, 0) is 11.2 Å². The minimum atomic E-state index is -0.740. The minimum Gasteiger partial charge on any atom is -0.362 e. The van der Waals surface area contributed by atoms with Gasteiger partial charge in [-0.2, -0.15) is 0 Å². The van der Waals surface area contributed by atoms with Crippen LogP contribution in [0.4, 0.5) is 20.6 Å². The average molecular weight is 327 g/mol. The minimum absolute atomic E-state index is 0.0334. The number of halogens is 1. The summed E-state index contributed by atoms with van der Waals surface area (Å²) < 4.78 is 13.5. The number of imide groups is 1. The van der Waals surface area contributed by atoms with Crippen molar-refractivity contribution in [3.8, 4) is 0 Å². The number of nitrogens with one attached hydrogen (secondary N) is 2.